The lowest BCUT2D eigenvalue weighted by Gasteiger charge is -2.19. The normalized spacial score (nSPS) is 13.2. The van der Waals surface area contributed by atoms with Gasteiger partial charge in [-0.1, -0.05) is 39.0 Å². The minimum absolute atomic E-state index is 0.0541. The molecule has 4 nitrogen and oxygen atoms in total. The van der Waals surface area contributed by atoms with Crippen molar-refractivity contribution in [2.75, 3.05) is 6.61 Å². The highest BCUT2D eigenvalue weighted by Gasteiger charge is 2.15. The molecule has 0 fully saturated rings. The second kappa shape index (κ2) is 6.65. The summed E-state index contributed by atoms with van der Waals surface area (Å²) in [6.07, 6.45) is 6.44. The van der Waals surface area contributed by atoms with E-state index in [0.29, 0.717) is 6.61 Å². The maximum atomic E-state index is 6.27. The molecule has 24 heavy (non-hydrogen) atoms. The van der Waals surface area contributed by atoms with Gasteiger partial charge in [-0.2, -0.15) is 0 Å². The number of para-hydroxylation sites is 1. The van der Waals surface area contributed by atoms with Crippen molar-refractivity contribution < 1.29 is 4.74 Å². The molecule has 0 aliphatic heterocycles. The average Bonchev–Trinajstić information content (AvgIpc) is 2.96. The van der Waals surface area contributed by atoms with Gasteiger partial charge in [0.1, 0.15) is 12.4 Å². The Labute approximate surface area is 143 Å². The molecule has 2 aromatic heterocycles. The topological polar surface area (TPSA) is 63.9 Å². The van der Waals surface area contributed by atoms with Gasteiger partial charge >= 0.3 is 0 Å². The lowest BCUT2D eigenvalue weighted by molar-refractivity contribution is 0.286. The number of rotatable bonds is 5. The van der Waals surface area contributed by atoms with Crippen LogP contribution in [0.2, 0.25) is 0 Å². The molecular weight excluding hydrogens is 298 g/mol. The Hall–Kier alpha value is -2.33. The Morgan fingerprint density at radius 2 is 2.00 bits per heavy atom. The minimum atomic E-state index is -0.0671. The molecule has 4 heteroatoms. The molecule has 0 bridgehead atoms. The van der Waals surface area contributed by atoms with E-state index in [0.717, 1.165) is 23.3 Å². The third kappa shape index (κ3) is 3.77. The monoisotopic (exact) mass is 323 g/mol. The van der Waals surface area contributed by atoms with Gasteiger partial charge in [0.2, 0.25) is 0 Å². The summed E-state index contributed by atoms with van der Waals surface area (Å²) in [5.74, 6) is 0.775. The zero-order valence-corrected chi connectivity index (χ0v) is 14.5. The molecule has 0 unspecified atom stereocenters. The zero-order chi connectivity index (χ0) is 17.2. The molecule has 2 heterocycles. The van der Waals surface area contributed by atoms with Gasteiger partial charge in [-0.15, -0.1) is 0 Å². The smallest absolute Gasteiger partial charge is 0.137 e. The number of nitrogens with one attached hydrogen (secondary N) is 1. The third-order valence-corrected chi connectivity index (χ3v) is 4.20. The van der Waals surface area contributed by atoms with E-state index in [1.165, 1.54) is 10.9 Å². The highest BCUT2D eigenvalue weighted by molar-refractivity contribution is 5.83. The molecule has 3 N–H and O–H groups in total. The largest absolute Gasteiger partial charge is 0.490 e. The summed E-state index contributed by atoms with van der Waals surface area (Å²) in [5, 5.41) is 1.23. The van der Waals surface area contributed by atoms with Crippen LogP contribution in [0, 0.1) is 0 Å². The van der Waals surface area contributed by atoms with Crippen LogP contribution in [0.25, 0.3) is 10.9 Å². The van der Waals surface area contributed by atoms with E-state index < -0.39 is 0 Å². The van der Waals surface area contributed by atoms with Crippen molar-refractivity contribution in [3.63, 3.8) is 0 Å². The van der Waals surface area contributed by atoms with Crippen molar-refractivity contribution >= 4 is 10.9 Å². The summed E-state index contributed by atoms with van der Waals surface area (Å²) in [5.41, 5.74) is 9.85. The molecular formula is C20H25N3O. The number of H-pyrrole nitrogens is 1. The standard InChI is InChI=1S/C20H25N3O/c1-20(2,3)15-9-17(12-22-11-15)24-13-16(21)8-14-10-23-19-7-5-4-6-18(14)19/h4-7,9-12,16,23H,8,13,21H2,1-3H3/t16-/m1/s1. The number of nitrogens with two attached hydrogens (primary N) is 1. The maximum absolute atomic E-state index is 6.27. The molecule has 126 valence electrons. The Balaban J connectivity index is 1.63. The highest BCUT2D eigenvalue weighted by atomic mass is 16.5. The van der Waals surface area contributed by atoms with Crippen LogP contribution in [0.4, 0.5) is 0 Å². The van der Waals surface area contributed by atoms with Gasteiger partial charge in [0.15, 0.2) is 0 Å². The molecule has 3 aromatic rings. The number of benzene rings is 1. The van der Waals surface area contributed by atoms with E-state index in [2.05, 4.69) is 42.9 Å². The summed E-state index contributed by atoms with van der Waals surface area (Å²) in [4.78, 5) is 7.56. The summed E-state index contributed by atoms with van der Waals surface area (Å²) < 4.78 is 5.87. The van der Waals surface area contributed by atoms with E-state index in [1.807, 2.05) is 30.6 Å². The number of hydrogen-bond donors (Lipinski definition) is 2. The van der Waals surface area contributed by atoms with Gasteiger partial charge in [0.05, 0.1) is 6.20 Å². The van der Waals surface area contributed by atoms with Crippen LogP contribution >= 0.6 is 0 Å². The molecule has 1 atom stereocenters. The lowest BCUT2D eigenvalue weighted by Crippen LogP contribution is -2.30. The molecule has 0 spiro atoms. The zero-order valence-electron chi connectivity index (χ0n) is 14.5. The van der Waals surface area contributed by atoms with Crippen LogP contribution in [0.15, 0.2) is 48.9 Å². The van der Waals surface area contributed by atoms with Gasteiger partial charge in [0.25, 0.3) is 0 Å². The van der Waals surface area contributed by atoms with Crippen LogP contribution in [-0.4, -0.2) is 22.6 Å². The van der Waals surface area contributed by atoms with Crippen molar-refractivity contribution in [2.24, 2.45) is 5.73 Å². The number of fused-ring (bicyclic) bond motifs is 1. The summed E-state index contributed by atoms with van der Waals surface area (Å²) in [6.45, 7) is 6.96. The van der Waals surface area contributed by atoms with Crippen LogP contribution in [0.3, 0.4) is 0 Å². The van der Waals surface area contributed by atoms with Gasteiger partial charge in [-0.3, -0.25) is 4.98 Å². The lowest BCUT2D eigenvalue weighted by atomic mass is 9.88. The number of nitrogens with zero attached hydrogens (tertiary/aromatic N) is 1. The molecule has 3 rings (SSSR count). The van der Waals surface area contributed by atoms with Crippen LogP contribution in [0.1, 0.15) is 31.9 Å². The van der Waals surface area contributed by atoms with Crippen LogP contribution < -0.4 is 10.5 Å². The van der Waals surface area contributed by atoms with E-state index in [1.54, 1.807) is 6.20 Å². The van der Waals surface area contributed by atoms with Crippen LogP contribution in [-0.2, 0) is 11.8 Å². The first-order valence-corrected chi connectivity index (χ1v) is 8.32. The van der Waals surface area contributed by atoms with Gasteiger partial charge in [-0.05, 0) is 35.1 Å². The Kier molecular flexibility index (Phi) is 4.58. The fraction of sp³-hybridized carbons (Fsp3) is 0.350. The Morgan fingerprint density at radius 3 is 2.79 bits per heavy atom. The maximum Gasteiger partial charge on any atom is 0.137 e. The molecule has 0 radical (unpaired) electrons. The van der Waals surface area contributed by atoms with Gasteiger partial charge < -0.3 is 15.5 Å². The predicted molar refractivity (Wildman–Crippen MR) is 98.4 cm³/mol. The first-order valence-electron chi connectivity index (χ1n) is 8.32. The number of hydrogen-bond acceptors (Lipinski definition) is 3. The quantitative estimate of drug-likeness (QED) is 0.750. The minimum Gasteiger partial charge on any atom is -0.490 e. The fourth-order valence-electron chi connectivity index (χ4n) is 2.75. The second-order valence-corrected chi connectivity index (χ2v) is 7.29. The molecule has 1 aromatic carbocycles. The highest BCUT2D eigenvalue weighted by Crippen LogP contribution is 2.24. The van der Waals surface area contributed by atoms with Crippen molar-refractivity contribution in [3.8, 4) is 5.75 Å². The SMILES string of the molecule is CC(C)(C)c1cncc(OC[C@H](N)Cc2c[nH]c3ccccc23)c1. The molecule has 0 saturated heterocycles. The number of aromatic amines is 1. The first-order chi connectivity index (χ1) is 11.4. The van der Waals surface area contributed by atoms with Crippen molar-refractivity contribution in [1.29, 1.82) is 0 Å². The third-order valence-electron chi connectivity index (χ3n) is 4.20. The van der Waals surface area contributed by atoms with E-state index >= 15 is 0 Å². The van der Waals surface area contributed by atoms with E-state index in [4.69, 9.17) is 10.5 Å². The Bertz CT molecular complexity index is 817. The van der Waals surface area contributed by atoms with Crippen molar-refractivity contribution in [2.45, 2.75) is 38.6 Å². The van der Waals surface area contributed by atoms with Crippen molar-refractivity contribution in [1.82, 2.24) is 9.97 Å². The Morgan fingerprint density at radius 1 is 1.21 bits per heavy atom. The first kappa shape index (κ1) is 16.5. The summed E-state index contributed by atoms with van der Waals surface area (Å²) in [7, 11) is 0. The number of aromatic nitrogens is 2. The molecule has 0 amide bonds. The van der Waals surface area contributed by atoms with E-state index in [9.17, 15) is 0 Å². The van der Waals surface area contributed by atoms with Gasteiger partial charge in [0, 0.05) is 29.3 Å². The number of pyridine rings is 1. The summed E-state index contributed by atoms with van der Waals surface area (Å²) in [6, 6.07) is 10.2. The van der Waals surface area contributed by atoms with Crippen molar-refractivity contribution in [3.05, 3.63) is 60.0 Å². The fourth-order valence-corrected chi connectivity index (χ4v) is 2.75. The second-order valence-electron chi connectivity index (χ2n) is 7.29. The number of ether oxygens (including phenoxy) is 1. The summed E-state index contributed by atoms with van der Waals surface area (Å²) >= 11 is 0. The van der Waals surface area contributed by atoms with Crippen LogP contribution in [0.5, 0.6) is 5.75 Å². The molecule has 0 aliphatic rings. The van der Waals surface area contributed by atoms with E-state index in [-0.39, 0.29) is 11.5 Å². The van der Waals surface area contributed by atoms with Gasteiger partial charge in [-0.25, -0.2) is 0 Å². The predicted octanol–water partition coefficient (Wildman–Crippen LogP) is 3.81. The molecule has 0 saturated carbocycles. The average molecular weight is 323 g/mol. The molecule has 0 aliphatic carbocycles.